The van der Waals surface area contributed by atoms with Crippen molar-refractivity contribution in [1.82, 2.24) is 5.32 Å². The molecule has 0 aliphatic carbocycles. The van der Waals surface area contributed by atoms with E-state index in [9.17, 15) is 8.78 Å². The molecular weight excluding hydrogens is 274 g/mol. The molecule has 0 spiro atoms. The predicted molar refractivity (Wildman–Crippen MR) is 81.2 cm³/mol. The fraction of sp³-hybridized carbons (Fsp3) is 0.625. The second-order valence-corrected chi connectivity index (χ2v) is 5.56. The SMILES string of the molecule is CCC1(CC)CN(c2ccc(OC(F)F)cc2)CCCN1. The first kappa shape index (κ1) is 16.0. The molecule has 21 heavy (non-hydrogen) atoms. The number of hydrogen-bond donors (Lipinski definition) is 1. The summed E-state index contributed by atoms with van der Waals surface area (Å²) < 4.78 is 28.8. The second-order valence-electron chi connectivity index (χ2n) is 5.56. The maximum Gasteiger partial charge on any atom is 0.387 e. The van der Waals surface area contributed by atoms with Crippen LogP contribution in [0, 0.1) is 0 Å². The van der Waals surface area contributed by atoms with E-state index in [0.717, 1.165) is 44.6 Å². The van der Waals surface area contributed by atoms with Crippen LogP contribution in [0.25, 0.3) is 0 Å². The number of ether oxygens (including phenoxy) is 1. The van der Waals surface area contributed by atoms with Crippen molar-refractivity contribution in [2.75, 3.05) is 24.5 Å². The van der Waals surface area contributed by atoms with Crippen LogP contribution in [0.3, 0.4) is 0 Å². The molecule has 0 bridgehead atoms. The first-order valence-electron chi connectivity index (χ1n) is 7.63. The molecule has 1 fully saturated rings. The summed E-state index contributed by atoms with van der Waals surface area (Å²) >= 11 is 0. The molecule has 0 radical (unpaired) electrons. The topological polar surface area (TPSA) is 24.5 Å². The average molecular weight is 298 g/mol. The van der Waals surface area contributed by atoms with Crippen LogP contribution >= 0.6 is 0 Å². The minimum atomic E-state index is -2.77. The molecule has 1 aromatic rings. The molecule has 1 N–H and O–H groups in total. The molecular formula is C16H24F2N2O. The highest BCUT2D eigenvalue weighted by Gasteiger charge is 2.30. The Labute approximate surface area is 125 Å². The lowest BCUT2D eigenvalue weighted by molar-refractivity contribution is -0.0498. The number of nitrogens with zero attached hydrogens (tertiary/aromatic N) is 1. The number of rotatable bonds is 5. The first-order chi connectivity index (χ1) is 10.1. The number of benzene rings is 1. The van der Waals surface area contributed by atoms with Crippen molar-refractivity contribution in [3.05, 3.63) is 24.3 Å². The van der Waals surface area contributed by atoms with Gasteiger partial charge in [0, 0.05) is 24.3 Å². The molecule has 1 heterocycles. The zero-order valence-corrected chi connectivity index (χ0v) is 12.7. The monoisotopic (exact) mass is 298 g/mol. The van der Waals surface area contributed by atoms with Crippen molar-refractivity contribution in [2.45, 2.75) is 45.3 Å². The van der Waals surface area contributed by atoms with E-state index in [-0.39, 0.29) is 11.3 Å². The van der Waals surface area contributed by atoms with E-state index in [1.54, 1.807) is 12.1 Å². The summed E-state index contributed by atoms with van der Waals surface area (Å²) in [5.74, 6) is 0.207. The smallest absolute Gasteiger partial charge is 0.387 e. The van der Waals surface area contributed by atoms with Gasteiger partial charge in [0.15, 0.2) is 0 Å². The van der Waals surface area contributed by atoms with Gasteiger partial charge in [-0.2, -0.15) is 8.78 Å². The van der Waals surface area contributed by atoms with Crippen LogP contribution < -0.4 is 15.0 Å². The fourth-order valence-electron chi connectivity index (χ4n) is 2.91. The Kier molecular flexibility index (Phi) is 5.39. The van der Waals surface area contributed by atoms with Gasteiger partial charge in [0.05, 0.1) is 0 Å². The molecule has 5 heteroatoms. The zero-order valence-electron chi connectivity index (χ0n) is 12.7. The number of halogens is 2. The van der Waals surface area contributed by atoms with Crippen molar-refractivity contribution in [3.8, 4) is 5.75 Å². The van der Waals surface area contributed by atoms with Gasteiger partial charge in [-0.1, -0.05) is 13.8 Å². The van der Waals surface area contributed by atoms with Gasteiger partial charge in [0.2, 0.25) is 0 Å². The van der Waals surface area contributed by atoms with E-state index in [0.29, 0.717) is 0 Å². The third-order valence-electron chi connectivity index (χ3n) is 4.38. The van der Waals surface area contributed by atoms with E-state index >= 15 is 0 Å². The molecule has 1 aromatic carbocycles. The molecule has 0 amide bonds. The van der Waals surface area contributed by atoms with Crippen molar-refractivity contribution in [3.63, 3.8) is 0 Å². The van der Waals surface area contributed by atoms with Crippen LogP contribution in [0.1, 0.15) is 33.1 Å². The van der Waals surface area contributed by atoms with Crippen LogP contribution in [-0.2, 0) is 0 Å². The predicted octanol–water partition coefficient (Wildman–Crippen LogP) is 3.65. The first-order valence-corrected chi connectivity index (χ1v) is 7.63. The average Bonchev–Trinajstić information content (AvgIpc) is 2.71. The van der Waals surface area contributed by atoms with Crippen LogP contribution in [0.2, 0.25) is 0 Å². The van der Waals surface area contributed by atoms with E-state index in [2.05, 4.69) is 28.8 Å². The van der Waals surface area contributed by atoms with E-state index in [4.69, 9.17) is 0 Å². The Morgan fingerprint density at radius 1 is 1.24 bits per heavy atom. The largest absolute Gasteiger partial charge is 0.435 e. The van der Waals surface area contributed by atoms with Gasteiger partial charge in [-0.25, -0.2) is 0 Å². The molecule has 2 rings (SSSR count). The highest BCUT2D eigenvalue weighted by Crippen LogP contribution is 2.26. The maximum atomic E-state index is 12.2. The standard InChI is InChI=1S/C16H24F2N2O/c1-3-16(4-2)12-20(11-5-10-19-16)13-6-8-14(9-7-13)21-15(17)18/h6-9,15,19H,3-5,10-12H2,1-2H3. The summed E-state index contributed by atoms with van der Waals surface area (Å²) in [7, 11) is 0. The Hall–Kier alpha value is -1.36. The van der Waals surface area contributed by atoms with Crippen LogP contribution in [0.5, 0.6) is 5.75 Å². The Balaban J connectivity index is 2.12. The van der Waals surface area contributed by atoms with E-state index in [1.165, 1.54) is 0 Å². The van der Waals surface area contributed by atoms with E-state index < -0.39 is 6.61 Å². The summed E-state index contributed by atoms with van der Waals surface area (Å²) in [5, 5.41) is 3.67. The lowest BCUT2D eigenvalue weighted by Crippen LogP contribution is -2.50. The normalized spacial score (nSPS) is 18.6. The summed E-state index contributed by atoms with van der Waals surface area (Å²) in [6.45, 7) is 4.58. The number of hydrogen-bond acceptors (Lipinski definition) is 3. The lowest BCUT2D eigenvalue weighted by Gasteiger charge is -2.36. The molecule has 1 aliphatic rings. The minimum absolute atomic E-state index is 0.134. The molecule has 118 valence electrons. The molecule has 0 atom stereocenters. The molecule has 0 unspecified atom stereocenters. The molecule has 3 nitrogen and oxygen atoms in total. The van der Waals surface area contributed by atoms with Gasteiger partial charge in [0.1, 0.15) is 5.75 Å². The van der Waals surface area contributed by atoms with Crippen molar-refractivity contribution in [1.29, 1.82) is 0 Å². The summed E-state index contributed by atoms with van der Waals surface area (Å²) in [6, 6.07) is 6.94. The quantitative estimate of drug-likeness (QED) is 0.898. The highest BCUT2D eigenvalue weighted by molar-refractivity contribution is 5.49. The molecule has 1 aliphatic heterocycles. The summed E-state index contributed by atoms with van der Waals surface area (Å²) in [4.78, 5) is 2.33. The van der Waals surface area contributed by atoms with Crippen LogP contribution in [-0.4, -0.2) is 31.8 Å². The Morgan fingerprint density at radius 2 is 1.90 bits per heavy atom. The Morgan fingerprint density at radius 3 is 2.48 bits per heavy atom. The maximum absolute atomic E-state index is 12.2. The number of nitrogens with one attached hydrogen (secondary N) is 1. The van der Waals surface area contributed by atoms with Crippen molar-refractivity contribution < 1.29 is 13.5 Å². The van der Waals surface area contributed by atoms with Gasteiger partial charge < -0.3 is 15.0 Å². The molecule has 0 saturated carbocycles. The van der Waals surface area contributed by atoms with Gasteiger partial charge in [-0.05, 0) is 50.1 Å². The third-order valence-corrected chi connectivity index (χ3v) is 4.38. The Bertz CT molecular complexity index is 432. The zero-order chi connectivity index (χ0) is 15.3. The van der Waals surface area contributed by atoms with Crippen molar-refractivity contribution in [2.24, 2.45) is 0 Å². The third kappa shape index (κ3) is 4.06. The fourth-order valence-corrected chi connectivity index (χ4v) is 2.91. The molecule has 1 saturated heterocycles. The van der Waals surface area contributed by atoms with Crippen molar-refractivity contribution >= 4 is 5.69 Å². The number of anilines is 1. The van der Waals surface area contributed by atoms with Gasteiger partial charge >= 0.3 is 6.61 Å². The van der Waals surface area contributed by atoms with E-state index in [1.807, 2.05) is 12.1 Å². The summed E-state index contributed by atoms with van der Waals surface area (Å²) in [6.07, 6.45) is 3.23. The second kappa shape index (κ2) is 7.07. The minimum Gasteiger partial charge on any atom is -0.435 e. The highest BCUT2D eigenvalue weighted by atomic mass is 19.3. The van der Waals surface area contributed by atoms with Gasteiger partial charge in [0.25, 0.3) is 0 Å². The van der Waals surface area contributed by atoms with Crippen LogP contribution in [0.4, 0.5) is 14.5 Å². The lowest BCUT2D eigenvalue weighted by atomic mass is 9.92. The summed E-state index contributed by atoms with van der Waals surface area (Å²) in [5.41, 5.74) is 1.20. The van der Waals surface area contributed by atoms with Crippen LogP contribution in [0.15, 0.2) is 24.3 Å². The van der Waals surface area contributed by atoms with Gasteiger partial charge in [-0.3, -0.25) is 0 Å². The number of alkyl halides is 2. The molecule has 0 aromatic heterocycles. The van der Waals surface area contributed by atoms with Gasteiger partial charge in [-0.15, -0.1) is 0 Å².